The average molecular weight is 358 g/mol. The number of nitrogens with one attached hydrogen (secondary N) is 2. The van der Waals surface area contributed by atoms with Crippen LogP contribution < -0.4 is 20.1 Å². The first kappa shape index (κ1) is 17.0. The molecule has 0 aromatic heterocycles. The van der Waals surface area contributed by atoms with Crippen molar-refractivity contribution in [1.29, 1.82) is 0 Å². The minimum Gasteiger partial charge on any atom is -0.462 e. The summed E-state index contributed by atoms with van der Waals surface area (Å²) < 4.78 is 15.6. The van der Waals surface area contributed by atoms with Crippen LogP contribution in [-0.4, -0.2) is 24.5 Å². The van der Waals surface area contributed by atoms with E-state index in [-0.39, 0.29) is 12.8 Å². The summed E-state index contributed by atoms with van der Waals surface area (Å²) in [6.07, 6.45) is 0. The zero-order valence-corrected chi connectivity index (χ0v) is 14.5. The van der Waals surface area contributed by atoms with E-state index in [1.54, 1.807) is 31.2 Å². The molecule has 0 saturated carbocycles. The summed E-state index contributed by atoms with van der Waals surface area (Å²) >= 11 is 5.29. The first-order valence-electron chi connectivity index (χ1n) is 7.86. The molecule has 1 aliphatic rings. The van der Waals surface area contributed by atoms with E-state index in [1.165, 1.54) is 0 Å². The molecule has 1 heterocycles. The van der Waals surface area contributed by atoms with Gasteiger partial charge in [0.1, 0.15) is 0 Å². The highest BCUT2D eigenvalue weighted by atomic mass is 32.1. The Morgan fingerprint density at radius 1 is 1.16 bits per heavy atom. The monoisotopic (exact) mass is 358 g/mol. The number of esters is 1. The molecule has 0 atom stereocenters. The maximum absolute atomic E-state index is 11.6. The minimum atomic E-state index is -0.336. The van der Waals surface area contributed by atoms with Crippen LogP contribution in [0, 0.1) is 0 Å². The minimum absolute atomic E-state index is 0.258. The quantitative estimate of drug-likeness (QED) is 0.629. The van der Waals surface area contributed by atoms with Crippen molar-refractivity contribution in [2.45, 2.75) is 13.5 Å². The van der Waals surface area contributed by atoms with Crippen LogP contribution in [0.15, 0.2) is 42.5 Å². The van der Waals surface area contributed by atoms with Gasteiger partial charge in [0.15, 0.2) is 16.6 Å². The fourth-order valence-electron chi connectivity index (χ4n) is 2.31. The number of fused-ring (bicyclic) bond motifs is 1. The average Bonchev–Trinajstić information content (AvgIpc) is 3.08. The van der Waals surface area contributed by atoms with E-state index in [0.717, 1.165) is 22.7 Å². The van der Waals surface area contributed by atoms with Gasteiger partial charge in [-0.2, -0.15) is 0 Å². The first-order chi connectivity index (χ1) is 12.2. The van der Waals surface area contributed by atoms with Crippen LogP contribution in [0.4, 0.5) is 5.69 Å². The number of benzene rings is 2. The van der Waals surface area contributed by atoms with E-state index in [1.807, 2.05) is 18.2 Å². The molecule has 0 unspecified atom stereocenters. The zero-order chi connectivity index (χ0) is 17.6. The summed E-state index contributed by atoms with van der Waals surface area (Å²) in [4.78, 5) is 11.6. The molecule has 0 amide bonds. The molecular formula is C18H18N2O4S. The number of carbonyl (C=O) groups is 1. The predicted octanol–water partition coefficient (Wildman–Crippen LogP) is 3.08. The van der Waals surface area contributed by atoms with Crippen molar-refractivity contribution in [2.24, 2.45) is 0 Å². The molecular weight excluding hydrogens is 340 g/mol. The van der Waals surface area contributed by atoms with Crippen molar-refractivity contribution >= 4 is 29.0 Å². The summed E-state index contributed by atoms with van der Waals surface area (Å²) in [6.45, 7) is 2.95. The van der Waals surface area contributed by atoms with E-state index in [0.29, 0.717) is 23.8 Å². The Labute approximate surface area is 151 Å². The van der Waals surface area contributed by atoms with E-state index < -0.39 is 0 Å². The van der Waals surface area contributed by atoms with E-state index in [2.05, 4.69) is 10.6 Å². The van der Waals surface area contributed by atoms with Crippen molar-refractivity contribution in [3.05, 3.63) is 53.6 Å². The maximum Gasteiger partial charge on any atom is 0.338 e. The summed E-state index contributed by atoms with van der Waals surface area (Å²) in [5.74, 6) is 1.16. The fourth-order valence-corrected chi connectivity index (χ4v) is 2.50. The molecule has 0 bridgehead atoms. The Morgan fingerprint density at radius 2 is 1.92 bits per heavy atom. The number of thiocarbonyl (C=S) groups is 1. The lowest BCUT2D eigenvalue weighted by molar-refractivity contribution is 0.0526. The Kier molecular flexibility index (Phi) is 5.35. The van der Waals surface area contributed by atoms with Gasteiger partial charge in [-0.3, -0.25) is 0 Å². The Balaban J connectivity index is 1.51. The lowest BCUT2D eigenvalue weighted by Crippen LogP contribution is -2.27. The van der Waals surface area contributed by atoms with Crippen molar-refractivity contribution in [2.75, 3.05) is 18.7 Å². The number of ether oxygens (including phenoxy) is 3. The SMILES string of the molecule is CCOC(=O)c1ccc(NC(=S)NCc2ccc3c(c2)OCO3)cc1. The normalized spacial score (nSPS) is 11.7. The molecule has 1 aliphatic heterocycles. The van der Waals surface area contributed by atoms with Gasteiger partial charge in [0.05, 0.1) is 12.2 Å². The molecule has 0 aliphatic carbocycles. The third-order valence-corrected chi connectivity index (χ3v) is 3.79. The van der Waals surface area contributed by atoms with E-state index >= 15 is 0 Å². The van der Waals surface area contributed by atoms with Crippen LogP contribution in [0.1, 0.15) is 22.8 Å². The van der Waals surface area contributed by atoms with E-state index in [9.17, 15) is 4.79 Å². The van der Waals surface area contributed by atoms with Gasteiger partial charge >= 0.3 is 5.97 Å². The summed E-state index contributed by atoms with van der Waals surface area (Å²) in [6, 6.07) is 12.7. The summed E-state index contributed by atoms with van der Waals surface area (Å²) in [5.41, 5.74) is 2.33. The van der Waals surface area contributed by atoms with Crippen molar-refractivity contribution in [3.63, 3.8) is 0 Å². The molecule has 2 aromatic rings. The van der Waals surface area contributed by atoms with Gasteiger partial charge in [0.2, 0.25) is 6.79 Å². The number of anilines is 1. The first-order valence-corrected chi connectivity index (χ1v) is 8.27. The topological polar surface area (TPSA) is 68.8 Å². The second-order valence-electron chi connectivity index (χ2n) is 5.29. The van der Waals surface area contributed by atoms with E-state index in [4.69, 9.17) is 26.4 Å². The van der Waals surface area contributed by atoms with Crippen LogP contribution in [0.3, 0.4) is 0 Å². The molecule has 3 rings (SSSR count). The van der Waals surface area contributed by atoms with Crippen LogP contribution >= 0.6 is 12.2 Å². The molecule has 2 aromatic carbocycles. The molecule has 2 N–H and O–H groups in total. The van der Waals surface area contributed by atoms with Crippen LogP contribution in [0.25, 0.3) is 0 Å². The van der Waals surface area contributed by atoms with Crippen LogP contribution in [-0.2, 0) is 11.3 Å². The standard InChI is InChI=1S/C18H18N2O4S/c1-2-22-17(21)13-4-6-14(7-5-13)20-18(25)19-10-12-3-8-15-16(9-12)24-11-23-15/h3-9H,2,10-11H2,1H3,(H2,19,20,25). The van der Waals surface area contributed by atoms with Gasteiger partial charge < -0.3 is 24.8 Å². The molecule has 7 heteroatoms. The van der Waals surface area contributed by atoms with Crippen molar-refractivity contribution < 1.29 is 19.0 Å². The van der Waals surface area contributed by atoms with Gasteiger partial charge in [-0.25, -0.2) is 4.79 Å². The Morgan fingerprint density at radius 3 is 2.68 bits per heavy atom. The third kappa shape index (κ3) is 4.39. The molecule has 25 heavy (non-hydrogen) atoms. The molecule has 0 radical (unpaired) electrons. The van der Waals surface area contributed by atoms with Gasteiger partial charge in [-0.05, 0) is 61.1 Å². The highest BCUT2D eigenvalue weighted by Crippen LogP contribution is 2.32. The number of rotatable bonds is 5. The van der Waals surface area contributed by atoms with Gasteiger partial charge in [-0.15, -0.1) is 0 Å². The van der Waals surface area contributed by atoms with Gasteiger partial charge in [-0.1, -0.05) is 6.07 Å². The Hall–Kier alpha value is -2.80. The molecule has 0 fully saturated rings. The third-order valence-electron chi connectivity index (χ3n) is 3.54. The number of hydrogen-bond acceptors (Lipinski definition) is 5. The highest BCUT2D eigenvalue weighted by molar-refractivity contribution is 7.80. The fraction of sp³-hybridized carbons (Fsp3) is 0.222. The zero-order valence-electron chi connectivity index (χ0n) is 13.7. The predicted molar refractivity (Wildman–Crippen MR) is 98.0 cm³/mol. The lowest BCUT2D eigenvalue weighted by Gasteiger charge is -2.11. The van der Waals surface area contributed by atoms with Crippen LogP contribution in [0.5, 0.6) is 11.5 Å². The summed E-state index contributed by atoms with van der Waals surface area (Å²) in [5, 5.41) is 6.69. The number of carbonyl (C=O) groups excluding carboxylic acids is 1. The molecule has 130 valence electrons. The van der Waals surface area contributed by atoms with Crippen LogP contribution in [0.2, 0.25) is 0 Å². The number of hydrogen-bond donors (Lipinski definition) is 2. The van der Waals surface area contributed by atoms with Crippen molar-refractivity contribution in [3.8, 4) is 11.5 Å². The largest absolute Gasteiger partial charge is 0.462 e. The lowest BCUT2D eigenvalue weighted by atomic mass is 10.2. The smallest absolute Gasteiger partial charge is 0.338 e. The van der Waals surface area contributed by atoms with Gasteiger partial charge in [0, 0.05) is 12.2 Å². The second-order valence-corrected chi connectivity index (χ2v) is 5.70. The molecule has 0 spiro atoms. The summed E-state index contributed by atoms with van der Waals surface area (Å²) in [7, 11) is 0. The Bertz CT molecular complexity index is 777. The van der Waals surface area contributed by atoms with Gasteiger partial charge in [0.25, 0.3) is 0 Å². The van der Waals surface area contributed by atoms with Crippen molar-refractivity contribution in [1.82, 2.24) is 5.32 Å². The molecule has 6 nitrogen and oxygen atoms in total. The highest BCUT2D eigenvalue weighted by Gasteiger charge is 2.13. The maximum atomic E-state index is 11.6. The second kappa shape index (κ2) is 7.85. The molecule has 0 saturated heterocycles.